The van der Waals surface area contributed by atoms with Crippen LogP contribution in [0.4, 0.5) is 0 Å². The number of hydrogen-bond donors (Lipinski definition) is 4. The number of carbonyl (C=O) groups excluding carboxylic acids is 4. The molecule has 1 aliphatic rings. The van der Waals surface area contributed by atoms with Crippen LogP contribution in [0.15, 0.2) is 6.20 Å². The van der Waals surface area contributed by atoms with E-state index in [1.54, 1.807) is 31.6 Å². The minimum Gasteiger partial charge on any atom is -0.349 e. The molecule has 2 bridgehead atoms. The van der Waals surface area contributed by atoms with Crippen LogP contribution >= 0.6 is 0 Å². The minimum atomic E-state index is -0.844. The standard InChI is InChI=1S/C21H35N7O4/c1-12(2)9-16-20(31)25-18(13(3)4)21(32)23-14(5)19(30)22-10-15-11-28(27-26-15)8-6-7-17(29)24-16/h11-14,16,18H,6-10H2,1-5H3,(H,22,30)(H,23,32)(H,24,29)(H,25,31)/t14-,16-,18+/m1/s1. The van der Waals surface area contributed by atoms with Crippen LogP contribution in [0.5, 0.6) is 0 Å². The molecule has 0 radical (unpaired) electrons. The van der Waals surface area contributed by atoms with Crippen LogP contribution in [0, 0.1) is 11.8 Å². The molecular formula is C21H35N7O4. The second-order valence-corrected chi connectivity index (χ2v) is 9.00. The van der Waals surface area contributed by atoms with Gasteiger partial charge >= 0.3 is 0 Å². The molecule has 2 heterocycles. The van der Waals surface area contributed by atoms with Gasteiger partial charge in [0.1, 0.15) is 23.8 Å². The first-order chi connectivity index (χ1) is 15.1. The van der Waals surface area contributed by atoms with Gasteiger partial charge in [0.15, 0.2) is 0 Å². The van der Waals surface area contributed by atoms with Crippen molar-refractivity contribution in [3.8, 4) is 0 Å². The van der Waals surface area contributed by atoms with Gasteiger partial charge in [0.25, 0.3) is 0 Å². The summed E-state index contributed by atoms with van der Waals surface area (Å²) in [6, 6.07) is -2.40. The average molecular weight is 450 g/mol. The summed E-state index contributed by atoms with van der Waals surface area (Å²) >= 11 is 0. The van der Waals surface area contributed by atoms with E-state index in [1.807, 2.05) is 13.8 Å². The van der Waals surface area contributed by atoms with Crippen molar-refractivity contribution in [1.82, 2.24) is 36.3 Å². The maximum Gasteiger partial charge on any atom is 0.243 e. The van der Waals surface area contributed by atoms with Crippen LogP contribution in [0.3, 0.4) is 0 Å². The van der Waals surface area contributed by atoms with Crippen molar-refractivity contribution in [2.45, 2.75) is 85.1 Å². The Morgan fingerprint density at radius 3 is 2.41 bits per heavy atom. The van der Waals surface area contributed by atoms with E-state index >= 15 is 0 Å². The third kappa shape index (κ3) is 7.61. The fourth-order valence-electron chi connectivity index (χ4n) is 3.39. The van der Waals surface area contributed by atoms with E-state index in [-0.39, 0.29) is 36.6 Å². The summed E-state index contributed by atoms with van der Waals surface area (Å²) in [6.07, 6.45) is 2.88. The highest BCUT2D eigenvalue weighted by Crippen LogP contribution is 2.09. The summed E-state index contributed by atoms with van der Waals surface area (Å²) in [5.74, 6) is -1.54. The SMILES string of the molecule is CC(C)C[C@H]1NC(=O)CCCn2cc(nn2)CNC(=O)[C@@H](C)NC(=O)[C@H](C(C)C)NC1=O. The second kappa shape index (κ2) is 11.6. The Labute approximate surface area is 188 Å². The Balaban J connectivity index is 2.24. The lowest BCUT2D eigenvalue weighted by atomic mass is 9.99. The summed E-state index contributed by atoms with van der Waals surface area (Å²) in [6.45, 7) is 9.75. The Morgan fingerprint density at radius 2 is 1.75 bits per heavy atom. The lowest BCUT2D eigenvalue weighted by Crippen LogP contribution is -2.57. The quantitative estimate of drug-likeness (QED) is 0.505. The normalized spacial score (nSPS) is 24.3. The molecule has 0 aromatic carbocycles. The maximum absolute atomic E-state index is 13.0. The highest BCUT2D eigenvalue weighted by Gasteiger charge is 2.30. The van der Waals surface area contributed by atoms with E-state index in [2.05, 4.69) is 31.6 Å². The lowest BCUT2D eigenvalue weighted by Gasteiger charge is -2.27. The van der Waals surface area contributed by atoms with Crippen molar-refractivity contribution in [3.05, 3.63) is 11.9 Å². The first kappa shape index (κ1) is 25.3. The molecule has 0 spiro atoms. The number of rotatable bonds is 3. The molecule has 32 heavy (non-hydrogen) atoms. The van der Waals surface area contributed by atoms with Gasteiger partial charge in [-0.3, -0.25) is 23.9 Å². The topological polar surface area (TPSA) is 147 Å². The van der Waals surface area contributed by atoms with Crippen molar-refractivity contribution in [1.29, 1.82) is 0 Å². The molecular weight excluding hydrogens is 414 g/mol. The fraction of sp³-hybridized carbons (Fsp3) is 0.714. The van der Waals surface area contributed by atoms with Gasteiger partial charge in [0.2, 0.25) is 23.6 Å². The number of amides is 4. The van der Waals surface area contributed by atoms with E-state index in [0.717, 1.165) is 0 Å². The first-order valence-electron chi connectivity index (χ1n) is 11.1. The highest BCUT2D eigenvalue weighted by atomic mass is 16.2. The van der Waals surface area contributed by atoms with Gasteiger partial charge in [-0.1, -0.05) is 32.9 Å². The number of nitrogens with one attached hydrogen (secondary N) is 4. The molecule has 2 rings (SSSR count). The third-order valence-corrected chi connectivity index (χ3v) is 5.18. The zero-order valence-corrected chi connectivity index (χ0v) is 19.5. The Hall–Kier alpha value is -2.98. The van der Waals surface area contributed by atoms with Crippen LogP contribution in [0.1, 0.15) is 59.6 Å². The maximum atomic E-state index is 13.0. The van der Waals surface area contributed by atoms with Crippen LogP contribution < -0.4 is 21.3 Å². The van der Waals surface area contributed by atoms with Gasteiger partial charge in [0, 0.05) is 13.0 Å². The zero-order valence-electron chi connectivity index (χ0n) is 19.5. The van der Waals surface area contributed by atoms with Crippen LogP contribution in [0.2, 0.25) is 0 Å². The van der Waals surface area contributed by atoms with Gasteiger partial charge < -0.3 is 21.3 Å². The molecule has 1 aliphatic heterocycles. The summed E-state index contributed by atoms with van der Waals surface area (Å²) in [4.78, 5) is 50.7. The average Bonchev–Trinajstić information content (AvgIpc) is 3.15. The summed E-state index contributed by atoms with van der Waals surface area (Å²) in [7, 11) is 0. The number of hydrogen-bond acceptors (Lipinski definition) is 6. The van der Waals surface area contributed by atoms with Gasteiger partial charge in [-0.15, -0.1) is 5.10 Å². The molecule has 178 valence electrons. The molecule has 0 saturated carbocycles. The van der Waals surface area contributed by atoms with E-state index in [1.165, 1.54) is 0 Å². The minimum absolute atomic E-state index is 0.160. The number of fused-ring (bicyclic) bond motifs is 2. The van der Waals surface area contributed by atoms with E-state index in [0.29, 0.717) is 25.1 Å². The van der Waals surface area contributed by atoms with E-state index in [9.17, 15) is 19.2 Å². The largest absolute Gasteiger partial charge is 0.349 e. The third-order valence-electron chi connectivity index (χ3n) is 5.18. The molecule has 4 N–H and O–H groups in total. The molecule has 1 aromatic rings. The highest BCUT2D eigenvalue weighted by molar-refractivity contribution is 5.94. The van der Waals surface area contributed by atoms with Crippen molar-refractivity contribution in [2.24, 2.45) is 11.8 Å². The predicted octanol–water partition coefficient (Wildman–Crippen LogP) is -0.135. The molecule has 1 aromatic heterocycles. The molecule has 0 fully saturated rings. The van der Waals surface area contributed by atoms with E-state index in [4.69, 9.17) is 0 Å². The summed E-state index contributed by atoms with van der Waals surface area (Å²) in [5.41, 5.74) is 0.576. The van der Waals surface area contributed by atoms with Crippen molar-refractivity contribution < 1.29 is 19.2 Å². The lowest BCUT2D eigenvalue weighted by molar-refractivity contribution is -0.134. The number of aromatic nitrogens is 3. The smallest absolute Gasteiger partial charge is 0.243 e. The zero-order chi connectivity index (χ0) is 23.8. The molecule has 0 unspecified atom stereocenters. The Morgan fingerprint density at radius 1 is 1.03 bits per heavy atom. The Bertz CT molecular complexity index is 821. The fourth-order valence-corrected chi connectivity index (χ4v) is 3.39. The van der Waals surface area contributed by atoms with Gasteiger partial charge in [-0.25, -0.2) is 0 Å². The monoisotopic (exact) mass is 449 g/mol. The number of aryl methyl sites for hydroxylation is 1. The van der Waals surface area contributed by atoms with Crippen molar-refractivity contribution in [2.75, 3.05) is 0 Å². The first-order valence-corrected chi connectivity index (χ1v) is 11.1. The predicted molar refractivity (Wildman–Crippen MR) is 117 cm³/mol. The van der Waals surface area contributed by atoms with Crippen molar-refractivity contribution >= 4 is 23.6 Å². The molecule has 3 atom stereocenters. The van der Waals surface area contributed by atoms with Crippen LogP contribution in [0.25, 0.3) is 0 Å². The van der Waals surface area contributed by atoms with Crippen LogP contribution in [-0.4, -0.2) is 56.7 Å². The summed E-state index contributed by atoms with van der Waals surface area (Å²) < 4.78 is 1.61. The molecule has 4 amide bonds. The summed E-state index contributed by atoms with van der Waals surface area (Å²) in [5, 5.41) is 19.0. The van der Waals surface area contributed by atoms with Crippen LogP contribution in [-0.2, 0) is 32.3 Å². The Kier molecular flexibility index (Phi) is 9.15. The number of nitrogens with zero attached hydrogens (tertiary/aromatic N) is 3. The molecule has 11 heteroatoms. The van der Waals surface area contributed by atoms with Gasteiger partial charge in [-0.05, 0) is 31.6 Å². The van der Waals surface area contributed by atoms with E-state index < -0.39 is 29.9 Å². The van der Waals surface area contributed by atoms with Gasteiger partial charge in [0.05, 0.1) is 12.7 Å². The van der Waals surface area contributed by atoms with Gasteiger partial charge in [-0.2, -0.15) is 0 Å². The number of carbonyl (C=O) groups is 4. The molecule has 0 saturated heterocycles. The molecule has 0 aliphatic carbocycles. The van der Waals surface area contributed by atoms with Crippen molar-refractivity contribution in [3.63, 3.8) is 0 Å². The molecule has 11 nitrogen and oxygen atoms in total. The second-order valence-electron chi connectivity index (χ2n) is 9.00.